The van der Waals surface area contributed by atoms with Gasteiger partial charge in [0.1, 0.15) is 0 Å². The number of aliphatic hydroxyl groups excluding tert-OH is 1. The average Bonchev–Trinajstić information content (AvgIpc) is 2.93. The lowest BCUT2D eigenvalue weighted by Gasteiger charge is -2.21. The maximum Gasteiger partial charge on any atom is 0.229 e. The number of rotatable bonds is 3. The van der Waals surface area contributed by atoms with Crippen LogP contribution >= 0.6 is 0 Å². The lowest BCUT2D eigenvalue weighted by atomic mass is 10.1. The highest BCUT2D eigenvalue weighted by atomic mass is 16.3. The molecule has 0 fully saturated rings. The first-order chi connectivity index (χ1) is 10.2. The first kappa shape index (κ1) is 13.8. The Morgan fingerprint density at radius 3 is 2.71 bits per heavy atom. The second kappa shape index (κ2) is 5.70. The Hall–Kier alpha value is -2.13. The van der Waals surface area contributed by atoms with E-state index in [0.29, 0.717) is 6.54 Å². The Morgan fingerprint density at radius 2 is 1.95 bits per heavy atom. The van der Waals surface area contributed by atoms with Gasteiger partial charge in [-0.1, -0.05) is 48.5 Å². The van der Waals surface area contributed by atoms with Crippen LogP contribution < -0.4 is 4.90 Å². The van der Waals surface area contributed by atoms with Crippen LogP contribution in [0.1, 0.15) is 29.2 Å². The second-order valence-electron chi connectivity index (χ2n) is 5.51. The minimum absolute atomic E-state index is 0.0144. The number of carbonyl (C=O) groups excluding carboxylic acids is 1. The Kier molecular flexibility index (Phi) is 3.76. The molecule has 1 aliphatic rings. The number of fused-ring (bicyclic) bond motifs is 1. The molecule has 1 heterocycles. The van der Waals surface area contributed by atoms with Gasteiger partial charge < -0.3 is 10.0 Å². The standard InChI is InChI=1S/C18H19NO2/c1-13-6-5-9-15-10-11-19(18(13)15)17(21)12-16(20)14-7-3-2-4-8-14/h2-9,16,20H,10-12H2,1H3. The summed E-state index contributed by atoms with van der Waals surface area (Å²) in [6, 6.07) is 15.5. The van der Waals surface area contributed by atoms with E-state index in [4.69, 9.17) is 0 Å². The number of carbonyl (C=O) groups is 1. The largest absolute Gasteiger partial charge is 0.388 e. The molecule has 3 heteroatoms. The van der Waals surface area contributed by atoms with Crippen molar-refractivity contribution in [2.45, 2.75) is 25.9 Å². The van der Waals surface area contributed by atoms with Crippen LogP contribution in [0, 0.1) is 6.92 Å². The third kappa shape index (κ3) is 2.69. The number of benzene rings is 2. The molecule has 0 bridgehead atoms. The van der Waals surface area contributed by atoms with Crippen molar-refractivity contribution in [1.29, 1.82) is 0 Å². The first-order valence-electron chi connectivity index (χ1n) is 7.28. The minimum Gasteiger partial charge on any atom is -0.388 e. The Balaban J connectivity index is 1.76. The van der Waals surface area contributed by atoms with Crippen LogP contribution in [0.15, 0.2) is 48.5 Å². The molecule has 1 amide bonds. The normalized spacial score (nSPS) is 14.9. The van der Waals surface area contributed by atoms with Gasteiger partial charge >= 0.3 is 0 Å². The molecule has 0 spiro atoms. The molecule has 1 unspecified atom stereocenters. The van der Waals surface area contributed by atoms with E-state index < -0.39 is 6.10 Å². The van der Waals surface area contributed by atoms with E-state index in [9.17, 15) is 9.90 Å². The summed E-state index contributed by atoms with van der Waals surface area (Å²) in [5.74, 6) is -0.0144. The van der Waals surface area contributed by atoms with Crippen molar-refractivity contribution in [3.8, 4) is 0 Å². The number of aliphatic hydroxyl groups is 1. The van der Waals surface area contributed by atoms with E-state index in [2.05, 4.69) is 6.07 Å². The van der Waals surface area contributed by atoms with Gasteiger partial charge in [0, 0.05) is 12.2 Å². The summed E-state index contributed by atoms with van der Waals surface area (Å²) < 4.78 is 0. The quantitative estimate of drug-likeness (QED) is 0.939. The molecule has 1 aliphatic heterocycles. The fourth-order valence-corrected chi connectivity index (χ4v) is 2.97. The van der Waals surface area contributed by atoms with Crippen LogP contribution in [0.4, 0.5) is 5.69 Å². The zero-order valence-electron chi connectivity index (χ0n) is 12.1. The molecule has 0 saturated heterocycles. The highest BCUT2D eigenvalue weighted by Crippen LogP contribution is 2.32. The van der Waals surface area contributed by atoms with Gasteiger partial charge in [0.2, 0.25) is 5.91 Å². The van der Waals surface area contributed by atoms with Crippen LogP contribution in [0.2, 0.25) is 0 Å². The van der Waals surface area contributed by atoms with Crippen molar-refractivity contribution < 1.29 is 9.90 Å². The number of amides is 1. The molecule has 0 aliphatic carbocycles. The summed E-state index contributed by atoms with van der Waals surface area (Å²) >= 11 is 0. The molecule has 3 rings (SSSR count). The van der Waals surface area contributed by atoms with Crippen molar-refractivity contribution in [1.82, 2.24) is 0 Å². The third-order valence-electron chi connectivity index (χ3n) is 4.05. The van der Waals surface area contributed by atoms with Crippen LogP contribution in [-0.4, -0.2) is 17.6 Å². The van der Waals surface area contributed by atoms with Crippen molar-refractivity contribution >= 4 is 11.6 Å². The van der Waals surface area contributed by atoms with E-state index in [1.807, 2.05) is 54.3 Å². The maximum absolute atomic E-state index is 12.5. The van der Waals surface area contributed by atoms with Crippen LogP contribution in [-0.2, 0) is 11.2 Å². The Morgan fingerprint density at radius 1 is 1.19 bits per heavy atom. The van der Waals surface area contributed by atoms with Gasteiger partial charge in [0.25, 0.3) is 0 Å². The van der Waals surface area contributed by atoms with Crippen molar-refractivity contribution in [2.75, 3.05) is 11.4 Å². The number of hydrogen-bond donors (Lipinski definition) is 1. The van der Waals surface area contributed by atoms with Crippen molar-refractivity contribution in [3.05, 3.63) is 65.2 Å². The molecule has 2 aromatic carbocycles. The topological polar surface area (TPSA) is 40.5 Å². The van der Waals surface area contributed by atoms with E-state index in [0.717, 1.165) is 23.2 Å². The molecule has 0 radical (unpaired) electrons. The highest BCUT2D eigenvalue weighted by Gasteiger charge is 2.27. The van der Waals surface area contributed by atoms with Gasteiger partial charge in [-0.3, -0.25) is 4.79 Å². The van der Waals surface area contributed by atoms with Crippen LogP contribution in [0.5, 0.6) is 0 Å². The van der Waals surface area contributed by atoms with E-state index in [-0.39, 0.29) is 12.3 Å². The summed E-state index contributed by atoms with van der Waals surface area (Å²) in [4.78, 5) is 14.3. The van der Waals surface area contributed by atoms with Crippen molar-refractivity contribution in [3.63, 3.8) is 0 Å². The van der Waals surface area contributed by atoms with Gasteiger partial charge in [-0.05, 0) is 30.0 Å². The molecule has 3 nitrogen and oxygen atoms in total. The molecule has 1 atom stereocenters. The Bertz CT molecular complexity index is 652. The summed E-state index contributed by atoms with van der Waals surface area (Å²) in [5, 5.41) is 10.2. The first-order valence-corrected chi connectivity index (χ1v) is 7.28. The number of hydrogen-bond acceptors (Lipinski definition) is 2. The fourth-order valence-electron chi connectivity index (χ4n) is 2.97. The lowest BCUT2D eigenvalue weighted by molar-refractivity contribution is -0.120. The van der Waals surface area contributed by atoms with Gasteiger partial charge in [0.05, 0.1) is 12.5 Å². The van der Waals surface area contributed by atoms with E-state index in [1.54, 1.807) is 0 Å². The molecule has 108 valence electrons. The number of anilines is 1. The zero-order valence-corrected chi connectivity index (χ0v) is 12.1. The van der Waals surface area contributed by atoms with Gasteiger partial charge in [-0.15, -0.1) is 0 Å². The summed E-state index contributed by atoms with van der Waals surface area (Å²) in [6.45, 7) is 2.73. The van der Waals surface area contributed by atoms with Crippen LogP contribution in [0.3, 0.4) is 0 Å². The summed E-state index contributed by atoms with van der Waals surface area (Å²) in [6.07, 6.45) is 0.272. The zero-order chi connectivity index (χ0) is 14.8. The SMILES string of the molecule is Cc1cccc2c1N(C(=O)CC(O)c1ccccc1)CC2. The predicted molar refractivity (Wildman–Crippen MR) is 83.3 cm³/mol. The van der Waals surface area contributed by atoms with Gasteiger partial charge in [-0.2, -0.15) is 0 Å². The van der Waals surface area contributed by atoms with E-state index in [1.165, 1.54) is 5.56 Å². The molecular formula is C18H19NO2. The third-order valence-corrected chi connectivity index (χ3v) is 4.05. The molecule has 0 aromatic heterocycles. The molecular weight excluding hydrogens is 262 g/mol. The monoisotopic (exact) mass is 281 g/mol. The predicted octanol–water partition coefficient (Wildman–Crippen LogP) is 3.01. The van der Waals surface area contributed by atoms with Gasteiger partial charge in [-0.25, -0.2) is 0 Å². The van der Waals surface area contributed by atoms with Gasteiger partial charge in [0.15, 0.2) is 0 Å². The summed E-state index contributed by atoms with van der Waals surface area (Å²) in [5.41, 5.74) is 4.16. The highest BCUT2D eigenvalue weighted by molar-refractivity contribution is 5.96. The average molecular weight is 281 g/mol. The molecule has 0 saturated carbocycles. The Labute approximate surface area is 124 Å². The van der Waals surface area contributed by atoms with Crippen LogP contribution in [0.25, 0.3) is 0 Å². The fraction of sp³-hybridized carbons (Fsp3) is 0.278. The van der Waals surface area contributed by atoms with Crippen molar-refractivity contribution in [2.24, 2.45) is 0 Å². The molecule has 1 N–H and O–H groups in total. The number of para-hydroxylation sites is 1. The minimum atomic E-state index is -0.744. The number of nitrogens with zero attached hydrogens (tertiary/aromatic N) is 1. The second-order valence-corrected chi connectivity index (χ2v) is 5.51. The number of aryl methyl sites for hydroxylation is 1. The lowest BCUT2D eigenvalue weighted by Crippen LogP contribution is -2.30. The maximum atomic E-state index is 12.5. The molecule has 21 heavy (non-hydrogen) atoms. The smallest absolute Gasteiger partial charge is 0.229 e. The van der Waals surface area contributed by atoms with E-state index >= 15 is 0 Å². The summed E-state index contributed by atoms with van der Waals surface area (Å²) in [7, 11) is 0. The molecule has 2 aromatic rings.